The molecule has 0 saturated carbocycles. The fraction of sp³-hybridized carbons (Fsp3) is 0.250. The molecule has 3 aromatic rings. The van der Waals surface area contributed by atoms with Gasteiger partial charge in [-0.1, -0.05) is 17.7 Å². The summed E-state index contributed by atoms with van der Waals surface area (Å²) in [4.78, 5) is 11.2. The van der Waals surface area contributed by atoms with Gasteiger partial charge in [-0.3, -0.25) is 4.79 Å². The van der Waals surface area contributed by atoms with Crippen molar-refractivity contribution in [2.45, 2.75) is 32.1 Å². The Morgan fingerprint density at radius 3 is 2.43 bits per heavy atom. The monoisotopic (exact) mass is 404 g/mol. The third-order valence-corrected chi connectivity index (χ3v) is 6.48. The van der Waals surface area contributed by atoms with Gasteiger partial charge in [0.2, 0.25) is 5.91 Å². The van der Waals surface area contributed by atoms with Crippen LogP contribution in [0.2, 0.25) is 0 Å². The molecule has 0 spiro atoms. The molecule has 0 fully saturated rings. The van der Waals surface area contributed by atoms with Crippen LogP contribution in [0.1, 0.15) is 23.7 Å². The molecule has 8 heteroatoms. The van der Waals surface area contributed by atoms with Gasteiger partial charge in [-0.25, -0.2) is 16.8 Å². The number of amides is 1. The Morgan fingerprint density at radius 1 is 1.18 bits per heavy atom. The molecule has 2 N–H and O–H groups in total. The first-order chi connectivity index (χ1) is 13.1. The molecular weight excluding hydrogens is 383 g/mol. The number of benzene rings is 2. The van der Waals surface area contributed by atoms with E-state index in [2.05, 4.69) is 5.32 Å². The predicted octanol–water partition coefficient (Wildman–Crippen LogP) is 3.02. The van der Waals surface area contributed by atoms with E-state index < -0.39 is 21.6 Å². The summed E-state index contributed by atoms with van der Waals surface area (Å²) >= 11 is 0. The molecule has 2 aromatic carbocycles. The maximum absolute atomic E-state index is 14.1. The van der Waals surface area contributed by atoms with Gasteiger partial charge in [0.05, 0.1) is 10.4 Å². The molecule has 1 amide bonds. The minimum absolute atomic E-state index is 0.0833. The van der Waals surface area contributed by atoms with Crippen molar-refractivity contribution in [3.8, 4) is 5.75 Å². The number of fused-ring (bicyclic) bond motifs is 1. The molecule has 1 heterocycles. The Bertz CT molecular complexity index is 1170. The molecule has 0 aliphatic heterocycles. The second-order valence-corrected chi connectivity index (χ2v) is 8.49. The van der Waals surface area contributed by atoms with Gasteiger partial charge in [0.1, 0.15) is 0 Å². The third kappa shape index (κ3) is 3.47. The second-order valence-electron chi connectivity index (χ2n) is 6.70. The number of hydrogen-bond acceptors (Lipinski definition) is 4. The summed E-state index contributed by atoms with van der Waals surface area (Å²) in [5, 5.41) is 12.9. The lowest BCUT2D eigenvalue weighted by Crippen LogP contribution is -2.22. The quantitative estimate of drug-likeness (QED) is 0.684. The lowest BCUT2D eigenvalue weighted by molar-refractivity contribution is -0.118. The fourth-order valence-corrected chi connectivity index (χ4v) is 4.84. The Labute approximate surface area is 162 Å². The number of nitrogens with one attached hydrogen (secondary N) is 1. The SMILES string of the molecule is CC(=O)NCCc1c(C)n(S(=O)(=O)c2ccc(C)cc2)c2cc(F)c(O)cc12. The highest BCUT2D eigenvalue weighted by molar-refractivity contribution is 7.90. The van der Waals surface area contributed by atoms with Gasteiger partial charge in [0, 0.05) is 30.6 Å². The van der Waals surface area contributed by atoms with E-state index in [1.54, 1.807) is 19.1 Å². The Balaban J connectivity index is 2.24. The number of aromatic nitrogens is 1. The van der Waals surface area contributed by atoms with Crippen molar-refractivity contribution in [2.24, 2.45) is 0 Å². The normalized spacial score (nSPS) is 11.7. The Morgan fingerprint density at radius 2 is 1.82 bits per heavy atom. The van der Waals surface area contributed by atoms with E-state index >= 15 is 0 Å². The number of carbonyl (C=O) groups excluding carboxylic acids is 1. The van der Waals surface area contributed by atoms with Crippen LogP contribution in [0.15, 0.2) is 41.3 Å². The summed E-state index contributed by atoms with van der Waals surface area (Å²) in [6.45, 7) is 5.16. The van der Waals surface area contributed by atoms with E-state index in [-0.39, 0.29) is 22.9 Å². The maximum Gasteiger partial charge on any atom is 0.268 e. The maximum atomic E-state index is 14.1. The average Bonchev–Trinajstić information content (AvgIpc) is 2.87. The van der Waals surface area contributed by atoms with E-state index in [0.717, 1.165) is 15.6 Å². The van der Waals surface area contributed by atoms with Crippen molar-refractivity contribution in [1.82, 2.24) is 9.29 Å². The van der Waals surface area contributed by atoms with Crippen molar-refractivity contribution in [3.63, 3.8) is 0 Å². The van der Waals surface area contributed by atoms with Gasteiger partial charge in [-0.05, 0) is 44.0 Å². The van der Waals surface area contributed by atoms with Crippen LogP contribution in [-0.4, -0.2) is 29.9 Å². The van der Waals surface area contributed by atoms with Gasteiger partial charge in [0.15, 0.2) is 11.6 Å². The van der Waals surface area contributed by atoms with Gasteiger partial charge >= 0.3 is 0 Å². The molecule has 0 saturated heterocycles. The van der Waals surface area contributed by atoms with Gasteiger partial charge in [0.25, 0.3) is 10.0 Å². The molecule has 0 bridgehead atoms. The van der Waals surface area contributed by atoms with Crippen LogP contribution in [0.4, 0.5) is 4.39 Å². The molecule has 0 atom stereocenters. The van der Waals surface area contributed by atoms with Crippen molar-refractivity contribution in [2.75, 3.05) is 6.54 Å². The van der Waals surface area contributed by atoms with Crippen LogP contribution in [0.3, 0.4) is 0 Å². The van der Waals surface area contributed by atoms with Crippen LogP contribution >= 0.6 is 0 Å². The molecule has 0 aliphatic carbocycles. The van der Waals surface area contributed by atoms with Crippen molar-refractivity contribution >= 4 is 26.8 Å². The summed E-state index contributed by atoms with van der Waals surface area (Å²) in [5.74, 6) is -1.67. The Kier molecular flexibility index (Phi) is 5.16. The molecular formula is C20H21FN2O4S. The highest BCUT2D eigenvalue weighted by Gasteiger charge is 2.26. The standard InChI is InChI=1S/C20H21FN2O4S/c1-12-4-6-15(7-5-12)28(26,27)23-13(2)16(8-9-22-14(3)24)17-10-20(25)18(21)11-19(17)23/h4-7,10-11,25H,8-9H2,1-3H3,(H,22,24). The number of phenols is 1. The third-order valence-electron chi connectivity index (χ3n) is 4.66. The smallest absolute Gasteiger partial charge is 0.268 e. The number of phenolic OH excluding ortho intramolecular Hbond substituents is 1. The van der Waals surface area contributed by atoms with E-state index in [9.17, 15) is 22.7 Å². The fourth-order valence-electron chi connectivity index (χ4n) is 3.26. The minimum Gasteiger partial charge on any atom is -0.505 e. The van der Waals surface area contributed by atoms with Crippen molar-refractivity contribution < 1.29 is 22.7 Å². The Hall–Kier alpha value is -2.87. The molecule has 1 aromatic heterocycles. The first-order valence-electron chi connectivity index (χ1n) is 8.72. The highest BCUT2D eigenvalue weighted by Crippen LogP contribution is 2.34. The summed E-state index contributed by atoms with van der Waals surface area (Å²) in [6.07, 6.45) is 0.337. The van der Waals surface area contributed by atoms with E-state index in [1.807, 2.05) is 6.92 Å². The van der Waals surface area contributed by atoms with Crippen molar-refractivity contribution in [3.05, 3.63) is 59.0 Å². The number of aromatic hydroxyl groups is 1. The average molecular weight is 404 g/mol. The number of halogens is 1. The predicted molar refractivity (Wildman–Crippen MR) is 104 cm³/mol. The zero-order valence-electron chi connectivity index (χ0n) is 15.8. The van der Waals surface area contributed by atoms with E-state index in [1.165, 1.54) is 25.1 Å². The molecule has 0 unspecified atom stereocenters. The van der Waals surface area contributed by atoms with Crippen LogP contribution in [-0.2, 0) is 21.2 Å². The van der Waals surface area contributed by atoms with E-state index in [0.29, 0.717) is 23.1 Å². The highest BCUT2D eigenvalue weighted by atomic mass is 32.2. The molecule has 0 aliphatic rings. The molecule has 28 heavy (non-hydrogen) atoms. The second kappa shape index (κ2) is 7.27. The van der Waals surface area contributed by atoms with Gasteiger partial charge in [-0.2, -0.15) is 0 Å². The number of rotatable bonds is 5. The zero-order chi connectivity index (χ0) is 20.6. The van der Waals surface area contributed by atoms with Crippen LogP contribution in [0.5, 0.6) is 5.75 Å². The summed E-state index contributed by atoms with van der Waals surface area (Å²) < 4.78 is 41.7. The number of hydrogen-bond donors (Lipinski definition) is 2. The van der Waals surface area contributed by atoms with Crippen LogP contribution in [0.25, 0.3) is 10.9 Å². The van der Waals surface area contributed by atoms with Crippen LogP contribution < -0.4 is 5.32 Å². The summed E-state index contributed by atoms with van der Waals surface area (Å²) in [7, 11) is -3.98. The summed E-state index contributed by atoms with van der Waals surface area (Å²) in [5.41, 5.74) is 2.09. The minimum atomic E-state index is -3.98. The van der Waals surface area contributed by atoms with Gasteiger partial charge in [-0.15, -0.1) is 0 Å². The lowest BCUT2D eigenvalue weighted by Gasteiger charge is -2.11. The summed E-state index contributed by atoms with van der Waals surface area (Å²) in [6, 6.07) is 8.64. The molecule has 6 nitrogen and oxygen atoms in total. The molecule has 0 radical (unpaired) electrons. The van der Waals surface area contributed by atoms with E-state index in [4.69, 9.17) is 0 Å². The number of nitrogens with zero attached hydrogens (tertiary/aromatic N) is 1. The number of aryl methyl sites for hydroxylation is 1. The van der Waals surface area contributed by atoms with Crippen LogP contribution in [0, 0.1) is 19.7 Å². The van der Waals surface area contributed by atoms with Gasteiger partial charge < -0.3 is 10.4 Å². The number of carbonyl (C=O) groups is 1. The largest absolute Gasteiger partial charge is 0.505 e. The molecule has 148 valence electrons. The molecule has 3 rings (SSSR count). The topological polar surface area (TPSA) is 88.4 Å². The zero-order valence-corrected chi connectivity index (χ0v) is 16.6. The first-order valence-corrected chi connectivity index (χ1v) is 10.2. The van der Waals surface area contributed by atoms with Crippen molar-refractivity contribution in [1.29, 1.82) is 0 Å². The first kappa shape index (κ1) is 19.9. The lowest BCUT2D eigenvalue weighted by atomic mass is 10.1.